The van der Waals surface area contributed by atoms with Crippen molar-refractivity contribution in [1.82, 2.24) is 25.8 Å². The lowest BCUT2D eigenvalue weighted by molar-refractivity contribution is -0.148. The highest BCUT2D eigenvalue weighted by molar-refractivity contribution is 5.92. The Bertz CT molecular complexity index is 1310. The molecular formula is C39H65N5O8. The largest absolute Gasteiger partial charge is 0.480 e. The molecule has 9 atom stereocenters. The molecule has 2 fully saturated rings. The first-order chi connectivity index (χ1) is 24.6. The predicted molar refractivity (Wildman–Crippen MR) is 199 cm³/mol. The number of rotatable bonds is 19. The van der Waals surface area contributed by atoms with Crippen LogP contribution in [0.2, 0.25) is 0 Å². The lowest BCUT2D eigenvalue weighted by atomic mass is 9.89. The van der Waals surface area contributed by atoms with Crippen LogP contribution in [0.3, 0.4) is 0 Å². The predicted octanol–water partition coefficient (Wildman–Crippen LogP) is 3.43. The molecule has 0 aromatic heterocycles. The molecule has 13 heteroatoms. The van der Waals surface area contributed by atoms with Gasteiger partial charge >= 0.3 is 5.97 Å². The van der Waals surface area contributed by atoms with Crippen LogP contribution < -0.4 is 16.0 Å². The zero-order valence-corrected chi connectivity index (χ0v) is 32.9. The number of ether oxygens (including phenoxy) is 2. The molecule has 2 heterocycles. The van der Waals surface area contributed by atoms with Gasteiger partial charge in [-0.25, -0.2) is 4.79 Å². The average Bonchev–Trinajstić information content (AvgIpc) is 3.80. The highest BCUT2D eigenvalue weighted by Crippen LogP contribution is 2.30. The fraction of sp³-hybridized carbons (Fsp3) is 0.769. The number of likely N-dealkylation sites (tertiary alicyclic amines) is 1. The molecule has 0 radical (unpaired) electrons. The average molecular weight is 732 g/mol. The number of carboxylic acid groups (broad SMARTS) is 1. The van der Waals surface area contributed by atoms with Crippen molar-refractivity contribution in [3.05, 3.63) is 23.8 Å². The lowest BCUT2D eigenvalue weighted by Gasteiger charge is -2.41. The maximum absolute atomic E-state index is 14.2. The molecule has 0 spiro atoms. The minimum atomic E-state index is -1.10. The summed E-state index contributed by atoms with van der Waals surface area (Å²) in [7, 11) is 4.77. The quantitative estimate of drug-likeness (QED) is 0.156. The number of allylic oxidation sites excluding steroid dienone is 3. The van der Waals surface area contributed by atoms with E-state index in [1.807, 2.05) is 52.8 Å². The first-order valence-corrected chi connectivity index (χ1v) is 19.2. The van der Waals surface area contributed by atoms with Crippen LogP contribution in [0.1, 0.15) is 99.3 Å². The zero-order chi connectivity index (χ0) is 38.7. The second-order valence-electron chi connectivity index (χ2n) is 15.5. The summed E-state index contributed by atoms with van der Waals surface area (Å²) < 4.78 is 11.9. The van der Waals surface area contributed by atoms with Gasteiger partial charge in [-0.3, -0.25) is 19.2 Å². The standard InChI is InChI=1S/C39H65N5O8/c1-10-25(4)33(43(7)36(47)32(24(2)3)42-38(50)39(6)19-15-20-40-39)30(51-8)23-31(45)44-21-14-18-29(44)34(52-9)26(5)35(46)41-28(37(48)49)22-27-16-12-11-13-17-27/h11-12,16,24-26,28-30,32-34,40H,10,13-15,17-23H2,1-9H3,(H,41,46)(H,42,50)(H,48,49)/t25-,26+,28-,29-,30+,32-,33-,34+,39-/m0/s1. The molecule has 13 nitrogen and oxygen atoms in total. The number of methoxy groups -OCH3 is 2. The Labute approximate surface area is 310 Å². The summed E-state index contributed by atoms with van der Waals surface area (Å²) in [6.45, 7) is 12.7. The first-order valence-electron chi connectivity index (χ1n) is 19.2. The number of aliphatic carboxylic acids is 1. The van der Waals surface area contributed by atoms with E-state index in [4.69, 9.17) is 9.47 Å². The molecule has 2 aliphatic heterocycles. The third kappa shape index (κ3) is 10.7. The summed E-state index contributed by atoms with van der Waals surface area (Å²) in [5, 5.41) is 18.9. The molecule has 4 N–H and O–H groups in total. The summed E-state index contributed by atoms with van der Waals surface area (Å²) in [5.74, 6) is -3.09. The Hall–Kier alpha value is -3.29. The molecule has 3 rings (SSSR count). The summed E-state index contributed by atoms with van der Waals surface area (Å²) in [6, 6.07) is -2.70. The first kappa shape index (κ1) is 43.1. The Morgan fingerprint density at radius 1 is 1.10 bits per heavy atom. The number of hydrogen-bond acceptors (Lipinski definition) is 8. The van der Waals surface area contributed by atoms with Crippen molar-refractivity contribution in [1.29, 1.82) is 0 Å². The van der Waals surface area contributed by atoms with Crippen molar-refractivity contribution in [2.75, 3.05) is 34.4 Å². The van der Waals surface area contributed by atoms with Crippen LogP contribution in [0.4, 0.5) is 0 Å². The van der Waals surface area contributed by atoms with Crippen molar-refractivity contribution in [2.45, 2.75) is 141 Å². The summed E-state index contributed by atoms with van der Waals surface area (Å²) in [6.07, 6.45) is 9.99. The van der Waals surface area contributed by atoms with Crippen LogP contribution in [0.5, 0.6) is 0 Å². The van der Waals surface area contributed by atoms with E-state index >= 15 is 0 Å². The van der Waals surface area contributed by atoms with Crippen LogP contribution in [-0.4, -0.2) is 121 Å². The SMILES string of the molecule is CC[C@H](C)[C@@H]([C@@H](CC(=O)N1CCC[C@H]1[C@H](OC)[C@@H](C)C(=O)N[C@@H](CC1=CC=CCC1)C(=O)O)OC)N(C)C(=O)[C@@H](NC(=O)[C@]1(C)CCCN1)C(C)C. The minimum Gasteiger partial charge on any atom is -0.480 e. The molecule has 294 valence electrons. The number of carbonyl (C=O) groups excluding carboxylic acids is 4. The Kier molecular flexibility index (Phi) is 16.3. The van der Waals surface area contributed by atoms with Gasteiger partial charge in [-0.1, -0.05) is 64.8 Å². The van der Waals surface area contributed by atoms with E-state index in [0.717, 1.165) is 44.2 Å². The summed E-state index contributed by atoms with van der Waals surface area (Å²) in [4.78, 5) is 70.6. The number of carboxylic acids is 1. The van der Waals surface area contributed by atoms with Crippen LogP contribution in [0.25, 0.3) is 0 Å². The van der Waals surface area contributed by atoms with E-state index in [1.165, 1.54) is 7.11 Å². The number of likely N-dealkylation sites (N-methyl/N-ethyl adjacent to an activating group) is 1. The van der Waals surface area contributed by atoms with Crippen molar-refractivity contribution < 1.29 is 38.6 Å². The van der Waals surface area contributed by atoms with Gasteiger partial charge in [0, 0.05) is 27.8 Å². The number of amides is 4. The third-order valence-corrected chi connectivity index (χ3v) is 11.5. The second kappa shape index (κ2) is 19.7. The maximum Gasteiger partial charge on any atom is 0.326 e. The number of nitrogens with one attached hydrogen (secondary N) is 3. The van der Waals surface area contributed by atoms with Crippen molar-refractivity contribution in [3.8, 4) is 0 Å². The van der Waals surface area contributed by atoms with Gasteiger partial charge in [-0.15, -0.1) is 0 Å². The number of carbonyl (C=O) groups is 5. The molecule has 3 aliphatic rings. The highest BCUT2D eigenvalue weighted by atomic mass is 16.5. The monoisotopic (exact) mass is 731 g/mol. The Morgan fingerprint density at radius 3 is 2.35 bits per heavy atom. The molecule has 4 amide bonds. The van der Waals surface area contributed by atoms with Gasteiger partial charge in [0.2, 0.25) is 23.6 Å². The Balaban J connectivity index is 1.75. The van der Waals surface area contributed by atoms with Gasteiger partial charge in [-0.05, 0) is 70.3 Å². The van der Waals surface area contributed by atoms with E-state index in [0.29, 0.717) is 19.4 Å². The van der Waals surface area contributed by atoms with Gasteiger partial charge in [0.05, 0.1) is 42.2 Å². The van der Waals surface area contributed by atoms with E-state index in [-0.39, 0.29) is 42.4 Å². The molecular weight excluding hydrogens is 666 g/mol. The van der Waals surface area contributed by atoms with Crippen LogP contribution in [0.15, 0.2) is 23.8 Å². The maximum atomic E-state index is 14.2. The highest BCUT2D eigenvalue weighted by Gasteiger charge is 2.44. The summed E-state index contributed by atoms with van der Waals surface area (Å²) in [5.41, 5.74) is 0.242. The molecule has 52 heavy (non-hydrogen) atoms. The van der Waals surface area contributed by atoms with E-state index in [1.54, 1.807) is 30.9 Å². The van der Waals surface area contributed by atoms with Gasteiger partial charge in [-0.2, -0.15) is 0 Å². The van der Waals surface area contributed by atoms with Crippen LogP contribution >= 0.6 is 0 Å². The van der Waals surface area contributed by atoms with Gasteiger partial charge in [0.1, 0.15) is 12.1 Å². The second-order valence-corrected chi connectivity index (χ2v) is 15.5. The number of hydrogen-bond donors (Lipinski definition) is 4. The molecule has 0 aromatic carbocycles. The Morgan fingerprint density at radius 2 is 1.81 bits per heavy atom. The minimum absolute atomic E-state index is 0.00196. The molecule has 2 saturated heterocycles. The van der Waals surface area contributed by atoms with E-state index < -0.39 is 59.7 Å². The van der Waals surface area contributed by atoms with Crippen molar-refractivity contribution in [3.63, 3.8) is 0 Å². The normalized spacial score (nSPS) is 24.3. The van der Waals surface area contributed by atoms with Crippen LogP contribution in [0, 0.1) is 17.8 Å². The third-order valence-electron chi connectivity index (χ3n) is 11.5. The fourth-order valence-electron chi connectivity index (χ4n) is 8.02. The molecule has 0 aromatic rings. The molecule has 0 saturated carbocycles. The molecule has 0 unspecified atom stereocenters. The van der Waals surface area contributed by atoms with Gasteiger partial charge < -0.3 is 40.3 Å². The van der Waals surface area contributed by atoms with E-state index in [9.17, 15) is 29.1 Å². The number of nitrogens with zero attached hydrogens (tertiary/aromatic N) is 2. The zero-order valence-electron chi connectivity index (χ0n) is 32.9. The smallest absolute Gasteiger partial charge is 0.326 e. The molecule has 0 bridgehead atoms. The molecule has 1 aliphatic carbocycles. The summed E-state index contributed by atoms with van der Waals surface area (Å²) >= 11 is 0. The van der Waals surface area contributed by atoms with Crippen LogP contribution in [-0.2, 0) is 33.4 Å². The fourth-order valence-corrected chi connectivity index (χ4v) is 8.02. The van der Waals surface area contributed by atoms with Gasteiger partial charge in [0.15, 0.2) is 0 Å². The lowest BCUT2D eigenvalue weighted by Crippen LogP contribution is -2.61. The van der Waals surface area contributed by atoms with Gasteiger partial charge in [0.25, 0.3) is 0 Å². The topological polar surface area (TPSA) is 167 Å². The van der Waals surface area contributed by atoms with Crippen molar-refractivity contribution >= 4 is 29.6 Å². The van der Waals surface area contributed by atoms with Crippen molar-refractivity contribution in [2.24, 2.45) is 17.8 Å². The van der Waals surface area contributed by atoms with E-state index in [2.05, 4.69) is 16.0 Å².